The molecule has 1 unspecified atom stereocenters. The van der Waals surface area contributed by atoms with Crippen LogP contribution >= 0.6 is 23.1 Å². The minimum absolute atomic E-state index is 0.0451. The molecule has 8 heteroatoms. The first-order valence-corrected chi connectivity index (χ1v) is 11.3. The molecule has 6 nitrogen and oxygen atoms in total. The quantitative estimate of drug-likeness (QED) is 0.449. The van der Waals surface area contributed by atoms with Gasteiger partial charge < -0.3 is 5.11 Å². The number of aryl methyl sites for hydroxylation is 1. The maximum Gasteiger partial charge on any atom is 0.356 e. The number of hydrogen-bond acceptors (Lipinski definition) is 6. The third-order valence-corrected chi connectivity index (χ3v) is 7.44. The number of carbonyl (C=O) groups is 1. The molecule has 0 fully saturated rings. The van der Waals surface area contributed by atoms with Crippen LogP contribution in [0.4, 0.5) is 0 Å². The van der Waals surface area contributed by atoms with Crippen molar-refractivity contribution in [3.63, 3.8) is 0 Å². The van der Waals surface area contributed by atoms with E-state index in [2.05, 4.69) is 28.3 Å². The monoisotopic (exact) mass is 434 g/mol. The van der Waals surface area contributed by atoms with Gasteiger partial charge in [0.1, 0.15) is 10.0 Å². The summed E-state index contributed by atoms with van der Waals surface area (Å²) in [5, 5.41) is 24.6. The summed E-state index contributed by atoms with van der Waals surface area (Å²) < 4.78 is 1.78. The first-order valence-electron chi connectivity index (χ1n) is 9.60. The van der Waals surface area contributed by atoms with E-state index in [1.54, 1.807) is 16.4 Å². The molecule has 5 rings (SSSR count). The third kappa shape index (κ3) is 3.03. The number of aromatic carboxylic acids is 1. The lowest BCUT2D eigenvalue weighted by molar-refractivity contribution is 0.0688. The Morgan fingerprint density at radius 3 is 2.73 bits per heavy atom. The van der Waals surface area contributed by atoms with Crippen LogP contribution in [0.1, 0.15) is 39.7 Å². The Labute approximate surface area is 181 Å². The van der Waals surface area contributed by atoms with E-state index in [-0.39, 0.29) is 10.9 Å². The highest BCUT2D eigenvalue weighted by atomic mass is 32.2. The van der Waals surface area contributed by atoms with Crippen LogP contribution in [0.2, 0.25) is 0 Å². The summed E-state index contributed by atoms with van der Waals surface area (Å²) in [6.45, 7) is 4.00. The zero-order valence-corrected chi connectivity index (χ0v) is 18.0. The lowest BCUT2D eigenvalue weighted by Crippen LogP contribution is -2.08. The van der Waals surface area contributed by atoms with Crippen molar-refractivity contribution in [1.29, 1.82) is 0 Å². The number of carboxylic acid groups (broad SMARTS) is 1. The van der Waals surface area contributed by atoms with Gasteiger partial charge in [-0.1, -0.05) is 48.6 Å². The van der Waals surface area contributed by atoms with E-state index in [0.717, 1.165) is 49.4 Å². The van der Waals surface area contributed by atoms with Gasteiger partial charge in [0.15, 0.2) is 5.69 Å². The molecule has 2 aromatic heterocycles. The molecule has 0 saturated heterocycles. The summed E-state index contributed by atoms with van der Waals surface area (Å²) in [5.41, 5.74) is 4.53. The Bertz CT molecular complexity index is 1280. The number of fused-ring (bicyclic) bond motifs is 3. The molecule has 0 aliphatic carbocycles. The zero-order chi connectivity index (χ0) is 20.8. The summed E-state index contributed by atoms with van der Waals surface area (Å²) in [5.74, 6) is -1.00. The molecule has 0 spiro atoms. The van der Waals surface area contributed by atoms with Crippen molar-refractivity contribution in [2.45, 2.75) is 30.4 Å². The molecule has 0 radical (unpaired) electrons. The Kier molecular flexibility index (Phi) is 4.67. The van der Waals surface area contributed by atoms with Crippen LogP contribution < -0.4 is 0 Å². The fraction of sp³-hybridized carbons (Fsp3) is 0.182. The van der Waals surface area contributed by atoms with Crippen LogP contribution in [0.5, 0.6) is 0 Å². The highest BCUT2D eigenvalue weighted by Gasteiger charge is 2.34. The van der Waals surface area contributed by atoms with E-state index in [1.807, 2.05) is 49.4 Å². The largest absolute Gasteiger partial charge is 0.476 e. The number of benzene rings is 2. The molecule has 1 aliphatic heterocycles. The Morgan fingerprint density at radius 1 is 1.17 bits per heavy atom. The van der Waals surface area contributed by atoms with E-state index in [9.17, 15) is 9.90 Å². The highest BCUT2D eigenvalue weighted by molar-refractivity contribution is 7.99. The molecule has 0 bridgehead atoms. The van der Waals surface area contributed by atoms with Crippen LogP contribution in [-0.4, -0.2) is 31.1 Å². The summed E-state index contributed by atoms with van der Waals surface area (Å²) in [4.78, 5) is 13.2. The summed E-state index contributed by atoms with van der Waals surface area (Å²) in [7, 11) is 0. The van der Waals surface area contributed by atoms with E-state index >= 15 is 0 Å². The normalized spacial score (nSPS) is 14.9. The number of rotatable bonds is 4. The lowest BCUT2D eigenvalue weighted by Gasteiger charge is -2.24. The van der Waals surface area contributed by atoms with Crippen LogP contribution in [0.15, 0.2) is 53.4 Å². The predicted octanol–water partition coefficient (Wildman–Crippen LogP) is 5.62. The van der Waals surface area contributed by atoms with Crippen LogP contribution in [-0.2, 0) is 0 Å². The fourth-order valence-corrected chi connectivity index (χ4v) is 5.74. The maximum absolute atomic E-state index is 12.1. The number of carboxylic acids is 1. The van der Waals surface area contributed by atoms with E-state index in [0.29, 0.717) is 0 Å². The van der Waals surface area contributed by atoms with Gasteiger partial charge in [0.2, 0.25) is 0 Å². The molecule has 150 valence electrons. The van der Waals surface area contributed by atoms with Crippen molar-refractivity contribution in [3.8, 4) is 27.5 Å². The van der Waals surface area contributed by atoms with Gasteiger partial charge in [-0.2, -0.15) is 5.10 Å². The number of thioether (sulfide) groups is 1. The van der Waals surface area contributed by atoms with E-state index in [4.69, 9.17) is 0 Å². The lowest BCUT2D eigenvalue weighted by atomic mass is 10.00. The second-order valence-corrected chi connectivity index (χ2v) is 9.44. The van der Waals surface area contributed by atoms with Crippen LogP contribution in [0, 0.1) is 6.92 Å². The molecule has 3 heterocycles. The zero-order valence-electron chi connectivity index (χ0n) is 16.4. The second-order valence-electron chi connectivity index (χ2n) is 7.02. The number of hydrogen-bond donors (Lipinski definition) is 1. The topological polar surface area (TPSA) is 80.9 Å². The molecule has 4 aromatic rings. The van der Waals surface area contributed by atoms with Gasteiger partial charge in [-0.3, -0.25) is 0 Å². The third-order valence-electron chi connectivity index (χ3n) is 5.09. The average Bonchev–Trinajstić information content (AvgIpc) is 3.38. The van der Waals surface area contributed by atoms with Crippen molar-refractivity contribution in [1.82, 2.24) is 20.0 Å². The molecule has 1 aliphatic rings. The summed E-state index contributed by atoms with van der Waals surface area (Å²) >= 11 is 3.24. The minimum atomic E-state index is -1.00. The molecular weight excluding hydrogens is 416 g/mol. The van der Waals surface area contributed by atoms with Gasteiger partial charge in [-0.25, -0.2) is 9.48 Å². The predicted molar refractivity (Wildman–Crippen MR) is 118 cm³/mol. The van der Waals surface area contributed by atoms with Crippen LogP contribution in [0.3, 0.4) is 0 Å². The van der Waals surface area contributed by atoms with E-state index in [1.165, 1.54) is 11.3 Å². The molecular formula is C22H18N4O2S2. The van der Waals surface area contributed by atoms with Gasteiger partial charge in [0.25, 0.3) is 0 Å². The molecule has 0 saturated carbocycles. The van der Waals surface area contributed by atoms with Gasteiger partial charge in [-0.15, -0.1) is 22.0 Å². The van der Waals surface area contributed by atoms with E-state index < -0.39 is 5.97 Å². The Morgan fingerprint density at radius 2 is 2.00 bits per heavy atom. The van der Waals surface area contributed by atoms with Crippen molar-refractivity contribution in [2.75, 3.05) is 0 Å². The summed E-state index contributed by atoms with van der Waals surface area (Å²) in [6, 6.07) is 16.0. The molecule has 30 heavy (non-hydrogen) atoms. The van der Waals surface area contributed by atoms with Gasteiger partial charge >= 0.3 is 5.97 Å². The maximum atomic E-state index is 12.1. The molecule has 1 atom stereocenters. The smallest absolute Gasteiger partial charge is 0.356 e. The number of aromatic nitrogens is 4. The van der Waals surface area contributed by atoms with Crippen molar-refractivity contribution < 1.29 is 9.90 Å². The number of nitrogens with zero attached hydrogens (tertiary/aromatic N) is 4. The van der Waals surface area contributed by atoms with Crippen molar-refractivity contribution in [2.24, 2.45) is 0 Å². The van der Waals surface area contributed by atoms with Gasteiger partial charge in [0, 0.05) is 26.8 Å². The first-order chi connectivity index (χ1) is 14.6. The van der Waals surface area contributed by atoms with Crippen molar-refractivity contribution in [3.05, 3.63) is 64.8 Å². The van der Waals surface area contributed by atoms with Gasteiger partial charge in [-0.05, 0) is 31.5 Å². The Hall–Kier alpha value is -2.97. The Balaban J connectivity index is 1.76. The second kappa shape index (κ2) is 7.37. The fourth-order valence-electron chi connectivity index (χ4n) is 3.79. The van der Waals surface area contributed by atoms with Crippen LogP contribution in [0.25, 0.3) is 27.5 Å². The average molecular weight is 435 g/mol. The summed E-state index contributed by atoms with van der Waals surface area (Å²) in [6.07, 6.45) is 0.822. The molecule has 0 amide bonds. The van der Waals surface area contributed by atoms with Gasteiger partial charge in [0.05, 0.1) is 11.4 Å². The standard InChI is InChI=1S/C22H18N4O2S2/c1-3-16-18-19(22(27)28)25-26(20(18)15-9-4-5-10-17(15)30-16)14-8-6-7-13(11-14)21-24-23-12(2)29-21/h4-11,16H,3H2,1-2H3,(H,27,28). The van der Waals surface area contributed by atoms with Crippen molar-refractivity contribution >= 4 is 29.1 Å². The molecule has 2 aromatic carbocycles. The first kappa shape index (κ1) is 19.0. The minimum Gasteiger partial charge on any atom is -0.476 e. The molecule has 1 N–H and O–H groups in total. The highest BCUT2D eigenvalue weighted by Crippen LogP contribution is 2.52. The SMILES string of the molecule is CCC1Sc2ccccc2-c2c1c(C(=O)O)nn2-c1cccc(-c2nnc(C)s2)c1.